The smallest absolute Gasteiger partial charge is 0.0240 e. The highest BCUT2D eigenvalue weighted by atomic mass is 14.9. The monoisotopic (exact) mass is 191 g/mol. The molecule has 1 heteroatoms. The molecule has 0 amide bonds. The predicted octanol–water partition coefficient (Wildman–Crippen LogP) is 2.42. The normalized spacial score (nSPS) is 37.0. The van der Waals surface area contributed by atoms with Gasteiger partial charge in [0.2, 0.25) is 0 Å². The summed E-state index contributed by atoms with van der Waals surface area (Å²) in [6.07, 6.45) is 13.5. The average Bonchev–Trinajstić information content (AvgIpc) is 2.78. The maximum absolute atomic E-state index is 5.37. The third-order valence-electron chi connectivity index (χ3n) is 4.24. The van der Waals surface area contributed by atoms with Crippen LogP contribution in [0.1, 0.15) is 38.5 Å². The largest absolute Gasteiger partial charge is 0.316 e. The first-order valence-corrected chi connectivity index (χ1v) is 5.94. The minimum absolute atomic E-state index is 0.560. The van der Waals surface area contributed by atoms with Gasteiger partial charge >= 0.3 is 0 Å². The van der Waals surface area contributed by atoms with Gasteiger partial charge in [0, 0.05) is 12.5 Å². The second kappa shape index (κ2) is 4.36. The Morgan fingerprint density at radius 1 is 1.43 bits per heavy atom. The van der Waals surface area contributed by atoms with Crippen LogP contribution in [0.2, 0.25) is 0 Å². The zero-order chi connectivity index (χ0) is 9.97. The van der Waals surface area contributed by atoms with E-state index in [-0.39, 0.29) is 0 Å². The molecule has 1 nitrogen and oxygen atoms in total. The second-order valence-corrected chi connectivity index (χ2v) is 5.06. The fourth-order valence-corrected chi connectivity index (χ4v) is 3.48. The summed E-state index contributed by atoms with van der Waals surface area (Å²) in [6, 6.07) is 0.560. The van der Waals surface area contributed by atoms with Crippen molar-refractivity contribution in [1.29, 1.82) is 0 Å². The molecule has 2 aliphatic rings. The Morgan fingerprint density at radius 2 is 2.29 bits per heavy atom. The van der Waals surface area contributed by atoms with Crippen molar-refractivity contribution in [2.75, 3.05) is 7.05 Å². The molecule has 0 spiro atoms. The van der Waals surface area contributed by atoms with E-state index in [0.29, 0.717) is 6.04 Å². The van der Waals surface area contributed by atoms with E-state index in [2.05, 4.69) is 11.2 Å². The highest BCUT2D eigenvalue weighted by molar-refractivity contribution is 4.95. The third kappa shape index (κ3) is 1.96. The first-order chi connectivity index (χ1) is 6.83. The van der Waals surface area contributed by atoms with Gasteiger partial charge in [0.25, 0.3) is 0 Å². The van der Waals surface area contributed by atoms with Crippen LogP contribution in [-0.4, -0.2) is 13.1 Å². The van der Waals surface area contributed by atoms with Crippen molar-refractivity contribution in [3.63, 3.8) is 0 Å². The number of terminal acetylenes is 1. The Kier molecular flexibility index (Phi) is 3.13. The van der Waals surface area contributed by atoms with Crippen molar-refractivity contribution < 1.29 is 0 Å². The fourth-order valence-electron chi connectivity index (χ4n) is 3.48. The van der Waals surface area contributed by atoms with Gasteiger partial charge in [-0.05, 0) is 50.5 Å². The predicted molar refractivity (Wildman–Crippen MR) is 59.9 cm³/mol. The molecule has 2 aliphatic carbocycles. The van der Waals surface area contributed by atoms with Gasteiger partial charge in [0.05, 0.1) is 0 Å². The Hall–Kier alpha value is -0.480. The number of hydrogen-bond acceptors (Lipinski definition) is 1. The molecule has 0 aromatic heterocycles. The van der Waals surface area contributed by atoms with Crippen LogP contribution < -0.4 is 5.32 Å². The second-order valence-electron chi connectivity index (χ2n) is 5.06. The van der Waals surface area contributed by atoms with Crippen molar-refractivity contribution >= 4 is 0 Å². The molecule has 4 unspecified atom stereocenters. The molecule has 2 bridgehead atoms. The van der Waals surface area contributed by atoms with Crippen molar-refractivity contribution in [1.82, 2.24) is 5.32 Å². The van der Waals surface area contributed by atoms with Crippen LogP contribution in [0.25, 0.3) is 0 Å². The van der Waals surface area contributed by atoms with E-state index >= 15 is 0 Å². The van der Waals surface area contributed by atoms with Crippen LogP contribution in [0.5, 0.6) is 0 Å². The van der Waals surface area contributed by atoms with Gasteiger partial charge in [0.1, 0.15) is 0 Å². The molecule has 4 atom stereocenters. The fraction of sp³-hybridized carbons (Fsp3) is 0.846. The van der Waals surface area contributed by atoms with Gasteiger partial charge in [-0.3, -0.25) is 0 Å². The first-order valence-electron chi connectivity index (χ1n) is 5.94. The molecule has 0 heterocycles. The van der Waals surface area contributed by atoms with E-state index in [9.17, 15) is 0 Å². The minimum atomic E-state index is 0.560. The van der Waals surface area contributed by atoms with Crippen LogP contribution in [-0.2, 0) is 0 Å². The molecule has 14 heavy (non-hydrogen) atoms. The van der Waals surface area contributed by atoms with Gasteiger partial charge in [-0.15, -0.1) is 12.3 Å². The molecule has 0 aromatic carbocycles. The quantitative estimate of drug-likeness (QED) is 0.673. The Bertz CT molecular complexity index is 228. The molecule has 78 valence electrons. The first kappa shape index (κ1) is 10.1. The van der Waals surface area contributed by atoms with Crippen LogP contribution in [0.4, 0.5) is 0 Å². The third-order valence-corrected chi connectivity index (χ3v) is 4.24. The Morgan fingerprint density at radius 3 is 2.79 bits per heavy atom. The summed E-state index contributed by atoms with van der Waals surface area (Å²) >= 11 is 0. The maximum atomic E-state index is 5.37. The van der Waals surface area contributed by atoms with Gasteiger partial charge in [0.15, 0.2) is 0 Å². The zero-order valence-electron chi connectivity index (χ0n) is 9.13. The van der Waals surface area contributed by atoms with Crippen molar-refractivity contribution in [2.45, 2.75) is 44.6 Å². The highest BCUT2D eigenvalue weighted by Gasteiger charge is 2.39. The summed E-state index contributed by atoms with van der Waals surface area (Å²) in [5, 5.41) is 3.35. The van der Waals surface area contributed by atoms with E-state index in [1.807, 2.05) is 7.05 Å². The van der Waals surface area contributed by atoms with Crippen LogP contribution in [0.3, 0.4) is 0 Å². The van der Waals surface area contributed by atoms with E-state index < -0.39 is 0 Å². The van der Waals surface area contributed by atoms with E-state index in [4.69, 9.17) is 6.42 Å². The summed E-state index contributed by atoms with van der Waals surface area (Å²) in [4.78, 5) is 0. The van der Waals surface area contributed by atoms with Gasteiger partial charge in [-0.1, -0.05) is 6.42 Å². The van der Waals surface area contributed by atoms with Gasteiger partial charge < -0.3 is 5.32 Å². The maximum Gasteiger partial charge on any atom is 0.0240 e. The van der Waals surface area contributed by atoms with Crippen molar-refractivity contribution in [3.05, 3.63) is 0 Å². The summed E-state index contributed by atoms with van der Waals surface area (Å²) < 4.78 is 0. The highest BCUT2D eigenvalue weighted by Crippen LogP contribution is 2.49. The molecule has 0 aliphatic heterocycles. The number of nitrogens with one attached hydrogen (secondary N) is 1. The molecule has 2 rings (SSSR count). The molecular formula is C13H21N. The Balaban J connectivity index is 1.82. The summed E-state index contributed by atoms with van der Waals surface area (Å²) in [5.41, 5.74) is 0. The lowest BCUT2D eigenvalue weighted by Gasteiger charge is -2.25. The molecule has 0 radical (unpaired) electrons. The van der Waals surface area contributed by atoms with Crippen LogP contribution in [0, 0.1) is 30.1 Å². The molecule has 2 saturated carbocycles. The number of rotatable bonds is 4. The zero-order valence-corrected chi connectivity index (χ0v) is 9.13. The average molecular weight is 191 g/mol. The van der Waals surface area contributed by atoms with Gasteiger partial charge in [-0.25, -0.2) is 0 Å². The molecule has 1 N–H and O–H groups in total. The SMILES string of the molecule is C#CCC(CC1CC2CCC1C2)NC. The van der Waals surface area contributed by atoms with Crippen molar-refractivity contribution in [3.8, 4) is 12.3 Å². The van der Waals surface area contributed by atoms with E-state index in [1.54, 1.807) is 0 Å². The van der Waals surface area contributed by atoms with E-state index in [0.717, 1.165) is 24.2 Å². The van der Waals surface area contributed by atoms with Crippen molar-refractivity contribution in [2.24, 2.45) is 17.8 Å². The number of fused-ring (bicyclic) bond motifs is 2. The molecule has 2 fully saturated rings. The lowest BCUT2D eigenvalue weighted by Crippen LogP contribution is -2.29. The molecule has 0 saturated heterocycles. The summed E-state index contributed by atoms with van der Waals surface area (Å²) in [6.45, 7) is 0. The number of hydrogen-bond donors (Lipinski definition) is 1. The van der Waals surface area contributed by atoms with Gasteiger partial charge in [-0.2, -0.15) is 0 Å². The molecular weight excluding hydrogens is 170 g/mol. The van der Waals surface area contributed by atoms with Crippen LogP contribution in [0.15, 0.2) is 0 Å². The summed E-state index contributed by atoms with van der Waals surface area (Å²) in [7, 11) is 2.04. The minimum Gasteiger partial charge on any atom is -0.316 e. The van der Waals surface area contributed by atoms with E-state index in [1.165, 1.54) is 32.1 Å². The lowest BCUT2D eigenvalue weighted by atomic mass is 9.84. The summed E-state index contributed by atoms with van der Waals surface area (Å²) in [5.74, 6) is 5.85. The standard InChI is InChI=1S/C13H21N/c1-3-4-13(14-2)9-12-8-10-5-6-11(12)7-10/h1,10-14H,4-9H2,2H3. The molecule has 0 aromatic rings. The topological polar surface area (TPSA) is 12.0 Å². The lowest BCUT2D eigenvalue weighted by molar-refractivity contribution is 0.284. The van der Waals surface area contributed by atoms with Crippen LogP contribution >= 0.6 is 0 Å². The Labute approximate surface area is 87.7 Å².